The third-order valence-electron chi connectivity index (χ3n) is 4.61. The molecule has 0 spiro atoms. The molecule has 2 aromatic carbocycles. The van der Waals surface area contributed by atoms with Crippen LogP contribution in [0, 0.1) is 0 Å². The maximum absolute atomic E-state index is 3.47. The van der Waals surface area contributed by atoms with E-state index in [1.165, 1.54) is 29.7 Å². The van der Waals surface area contributed by atoms with Crippen LogP contribution >= 0.6 is 0 Å². The standard InChI is InChI=1S/C19H24N2/c1-15(16-9-4-3-5-10-16)21-14-8-12-18(20-2)17-11-6-7-13-19(17)21/h3-7,9-11,13,15,18,20H,8,12,14H2,1-2H3. The topological polar surface area (TPSA) is 15.3 Å². The van der Waals surface area contributed by atoms with Crippen molar-refractivity contribution in [2.24, 2.45) is 0 Å². The van der Waals surface area contributed by atoms with Gasteiger partial charge in [0.25, 0.3) is 0 Å². The van der Waals surface area contributed by atoms with Crippen LogP contribution in [0.15, 0.2) is 54.6 Å². The van der Waals surface area contributed by atoms with Gasteiger partial charge in [0.2, 0.25) is 0 Å². The molecule has 2 atom stereocenters. The molecule has 0 fully saturated rings. The Hall–Kier alpha value is -1.80. The molecule has 2 unspecified atom stereocenters. The summed E-state index contributed by atoms with van der Waals surface area (Å²) in [6, 6.07) is 20.5. The zero-order valence-electron chi connectivity index (χ0n) is 12.9. The molecule has 1 N–H and O–H groups in total. The van der Waals surface area contributed by atoms with Gasteiger partial charge in [-0.15, -0.1) is 0 Å². The van der Waals surface area contributed by atoms with Crippen molar-refractivity contribution in [1.82, 2.24) is 5.32 Å². The number of hydrogen-bond acceptors (Lipinski definition) is 2. The average Bonchev–Trinajstić information content (AvgIpc) is 2.74. The van der Waals surface area contributed by atoms with E-state index in [2.05, 4.69) is 78.8 Å². The van der Waals surface area contributed by atoms with Crippen LogP contribution in [0.5, 0.6) is 0 Å². The molecule has 0 saturated carbocycles. The molecule has 110 valence electrons. The van der Waals surface area contributed by atoms with E-state index in [1.54, 1.807) is 0 Å². The van der Waals surface area contributed by atoms with Gasteiger partial charge in [-0.1, -0.05) is 48.5 Å². The summed E-state index contributed by atoms with van der Waals surface area (Å²) in [6.45, 7) is 3.43. The summed E-state index contributed by atoms with van der Waals surface area (Å²) < 4.78 is 0. The lowest BCUT2D eigenvalue weighted by atomic mass is 10.0. The lowest BCUT2D eigenvalue weighted by Crippen LogP contribution is -2.27. The third-order valence-corrected chi connectivity index (χ3v) is 4.61. The Morgan fingerprint density at radius 3 is 2.52 bits per heavy atom. The van der Waals surface area contributed by atoms with Gasteiger partial charge >= 0.3 is 0 Å². The van der Waals surface area contributed by atoms with Crippen molar-refractivity contribution in [3.8, 4) is 0 Å². The molecule has 1 aliphatic heterocycles. The monoisotopic (exact) mass is 280 g/mol. The van der Waals surface area contributed by atoms with E-state index in [0.717, 1.165) is 6.54 Å². The fourth-order valence-corrected chi connectivity index (χ4v) is 3.40. The van der Waals surface area contributed by atoms with Gasteiger partial charge in [-0.2, -0.15) is 0 Å². The molecule has 0 aliphatic carbocycles. The van der Waals surface area contributed by atoms with Crippen LogP contribution in [0.3, 0.4) is 0 Å². The summed E-state index contributed by atoms with van der Waals surface area (Å²) in [7, 11) is 2.07. The summed E-state index contributed by atoms with van der Waals surface area (Å²) in [5.74, 6) is 0. The number of rotatable bonds is 3. The van der Waals surface area contributed by atoms with E-state index in [4.69, 9.17) is 0 Å². The first-order valence-corrected chi connectivity index (χ1v) is 7.89. The molecule has 0 saturated heterocycles. The Morgan fingerprint density at radius 2 is 1.76 bits per heavy atom. The van der Waals surface area contributed by atoms with Crippen LogP contribution in [0.2, 0.25) is 0 Å². The van der Waals surface area contributed by atoms with Gasteiger partial charge in [0.15, 0.2) is 0 Å². The number of nitrogens with zero attached hydrogens (tertiary/aromatic N) is 1. The van der Waals surface area contributed by atoms with Crippen molar-refractivity contribution >= 4 is 5.69 Å². The minimum atomic E-state index is 0.406. The first kappa shape index (κ1) is 14.2. The van der Waals surface area contributed by atoms with Crippen LogP contribution in [0.25, 0.3) is 0 Å². The van der Waals surface area contributed by atoms with E-state index in [0.29, 0.717) is 12.1 Å². The van der Waals surface area contributed by atoms with Crippen LogP contribution in [0.1, 0.15) is 43.0 Å². The highest BCUT2D eigenvalue weighted by Gasteiger charge is 2.24. The maximum Gasteiger partial charge on any atom is 0.0514 e. The summed E-state index contributed by atoms with van der Waals surface area (Å²) in [5.41, 5.74) is 4.20. The van der Waals surface area contributed by atoms with Gasteiger partial charge in [0, 0.05) is 18.3 Å². The Labute approximate surface area is 127 Å². The van der Waals surface area contributed by atoms with Crippen molar-refractivity contribution in [1.29, 1.82) is 0 Å². The first-order chi connectivity index (χ1) is 10.3. The van der Waals surface area contributed by atoms with E-state index in [-0.39, 0.29) is 0 Å². The predicted molar refractivity (Wildman–Crippen MR) is 89.7 cm³/mol. The zero-order chi connectivity index (χ0) is 14.7. The quantitative estimate of drug-likeness (QED) is 0.901. The number of anilines is 1. The third kappa shape index (κ3) is 2.81. The number of para-hydroxylation sites is 1. The molecular formula is C19H24N2. The molecular weight excluding hydrogens is 256 g/mol. The Kier molecular flexibility index (Phi) is 4.26. The van der Waals surface area contributed by atoms with E-state index < -0.39 is 0 Å². The van der Waals surface area contributed by atoms with Gasteiger partial charge in [-0.3, -0.25) is 0 Å². The Morgan fingerprint density at radius 1 is 1.05 bits per heavy atom. The Balaban J connectivity index is 1.99. The minimum Gasteiger partial charge on any atom is -0.364 e. The number of fused-ring (bicyclic) bond motifs is 1. The van der Waals surface area contributed by atoms with E-state index in [9.17, 15) is 0 Å². The molecule has 2 nitrogen and oxygen atoms in total. The second kappa shape index (κ2) is 6.31. The molecule has 2 aromatic rings. The van der Waals surface area contributed by atoms with Crippen molar-refractivity contribution in [3.05, 3.63) is 65.7 Å². The minimum absolute atomic E-state index is 0.406. The molecule has 0 bridgehead atoms. The Bertz CT molecular complexity index is 579. The molecule has 2 heteroatoms. The number of hydrogen-bond donors (Lipinski definition) is 1. The normalized spacial score (nSPS) is 19.7. The van der Waals surface area contributed by atoms with Gasteiger partial charge < -0.3 is 10.2 Å². The molecule has 3 rings (SSSR count). The van der Waals surface area contributed by atoms with Crippen molar-refractivity contribution in [2.75, 3.05) is 18.5 Å². The molecule has 1 aliphatic rings. The summed E-state index contributed by atoms with van der Waals surface area (Å²) in [4.78, 5) is 2.56. The fourth-order valence-electron chi connectivity index (χ4n) is 3.40. The molecule has 21 heavy (non-hydrogen) atoms. The lowest BCUT2D eigenvalue weighted by Gasteiger charge is -2.32. The van der Waals surface area contributed by atoms with E-state index >= 15 is 0 Å². The summed E-state index contributed by atoms with van der Waals surface area (Å²) in [6.07, 6.45) is 2.42. The lowest BCUT2D eigenvalue weighted by molar-refractivity contribution is 0.537. The van der Waals surface area contributed by atoms with Crippen LogP contribution in [-0.2, 0) is 0 Å². The zero-order valence-corrected chi connectivity index (χ0v) is 12.9. The number of nitrogens with one attached hydrogen (secondary N) is 1. The molecule has 0 aromatic heterocycles. The molecule has 0 amide bonds. The second-order valence-corrected chi connectivity index (χ2v) is 5.82. The summed E-state index contributed by atoms with van der Waals surface area (Å²) >= 11 is 0. The number of benzene rings is 2. The van der Waals surface area contributed by atoms with Gasteiger partial charge in [0.05, 0.1) is 6.04 Å². The van der Waals surface area contributed by atoms with Gasteiger partial charge in [-0.25, -0.2) is 0 Å². The van der Waals surface area contributed by atoms with Gasteiger partial charge in [-0.05, 0) is 44.0 Å². The molecule has 0 radical (unpaired) electrons. The van der Waals surface area contributed by atoms with E-state index in [1.807, 2.05) is 0 Å². The van der Waals surface area contributed by atoms with Crippen LogP contribution in [-0.4, -0.2) is 13.6 Å². The van der Waals surface area contributed by atoms with Crippen LogP contribution in [0.4, 0.5) is 5.69 Å². The van der Waals surface area contributed by atoms with Crippen molar-refractivity contribution < 1.29 is 0 Å². The van der Waals surface area contributed by atoms with Crippen molar-refractivity contribution in [2.45, 2.75) is 31.8 Å². The summed E-state index contributed by atoms with van der Waals surface area (Å²) in [5, 5.41) is 3.47. The fraction of sp³-hybridized carbons (Fsp3) is 0.368. The largest absolute Gasteiger partial charge is 0.364 e. The highest BCUT2D eigenvalue weighted by atomic mass is 15.2. The van der Waals surface area contributed by atoms with Crippen LogP contribution < -0.4 is 10.2 Å². The highest BCUT2D eigenvalue weighted by Crippen LogP contribution is 2.37. The predicted octanol–water partition coefficient (Wildman–Crippen LogP) is 4.31. The SMILES string of the molecule is CNC1CCCN(C(C)c2ccccc2)c2ccccc21. The van der Waals surface area contributed by atoms with Gasteiger partial charge in [0.1, 0.15) is 0 Å². The second-order valence-electron chi connectivity index (χ2n) is 5.82. The first-order valence-electron chi connectivity index (χ1n) is 7.89. The maximum atomic E-state index is 3.47. The average molecular weight is 280 g/mol. The van der Waals surface area contributed by atoms with Crippen molar-refractivity contribution in [3.63, 3.8) is 0 Å². The highest BCUT2D eigenvalue weighted by molar-refractivity contribution is 5.57. The molecule has 1 heterocycles. The smallest absolute Gasteiger partial charge is 0.0514 e.